The number of hydrogen-bond acceptors (Lipinski definition) is 5. The topological polar surface area (TPSA) is 69.0 Å². The smallest absolute Gasteiger partial charge is 0.233 e. The molecule has 6 nitrogen and oxygen atoms in total. The van der Waals surface area contributed by atoms with E-state index < -0.39 is 0 Å². The SMILES string of the molecule is C[C@@H](Sc1nc(C2CC2)n(-c2ccccc2)n1)C(=O)NC[C@@H]1CCCO1. The van der Waals surface area contributed by atoms with Crippen molar-refractivity contribution in [1.82, 2.24) is 20.1 Å². The Morgan fingerprint density at radius 3 is 2.85 bits per heavy atom. The van der Waals surface area contributed by atoms with Crippen LogP contribution in [0.5, 0.6) is 0 Å². The van der Waals surface area contributed by atoms with Gasteiger partial charge in [-0.2, -0.15) is 0 Å². The molecule has 2 aromatic rings. The van der Waals surface area contributed by atoms with Gasteiger partial charge in [0, 0.05) is 19.1 Å². The summed E-state index contributed by atoms with van der Waals surface area (Å²) in [5.41, 5.74) is 1.02. The van der Waals surface area contributed by atoms with Crippen molar-refractivity contribution in [3.8, 4) is 5.69 Å². The summed E-state index contributed by atoms with van der Waals surface area (Å²) in [6, 6.07) is 10.1. The lowest BCUT2D eigenvalue weighted by molar-refractivity contribution is -0.120. The van der Waals surface area contributed by atoms with Gasteiger partial charge in [-0.25, -0.2) is 9.67 Å². The second-order valence-electron chi connectivity index (χ2n) is 6.91. The van der Waals surface area contributed by atoms with E-state index in [1.165, 1.54) is 11.8 Å². The third-order valence-electron chi connectivity index (χ3n) is 4.74. The van der Waals surface area contributed by atoms with Gasteiger partial charge in [0.1, 0.15) is 5.82 Å². The van der Waals surface area contributed by atoms with Crippen LogP contribution < -0.4 is 5.32 Å². The van der Waals surface area contributed by atoms with Crippen molar-refractivity contribution in [1.29, 1.82) is 0 Å². The van der Waals surface area contributed by atoms with E-state index in [9.17, 15) is 4.79 Å². The number of benzene rings is 1. The van der Waals surface area contributed by atoms with Gasteiger partial charge in [0.25, 0.3) is 0 Å². The lowest BCUT2D eigenvalue weighted by Gasteiger charge is -2.13. The highest BCUT2D eigenvalue weighted by Gasteiger charge is 2.31. The lowest BCUT2D eigenvalue weighted by Crippen LogP contribution is -2.36. The molecule has 2 fully saturated rings. The van der Waals surface area contributed by atoms with Crippen LogP contribution in [0.2, 0.25) is 0 Å². The number of para-hydroxylation sites is 1. The maximum atomic E-state index is 12.4. The van der Waals surface area contributed by atoms with Gasteiger partial charge in [0.2, 0.25) is 11.1 Å². The Bertz CT molecular complexity index is 754. The molecule has 1 saturated carbocycles. The van der Waals surface area contributed by atoms with Crippen LogP contribution in [-0.4, -0.2) is 45.2 Å². The molecule has 7 heteroatoms. The molecule has 1 aliphatic heterocycles. The molecule has 0 unspecified atom stereocenters. The number of ether oxygens (including phenoxy) is 1. The Kier molecular flexibility index (Phi) is 5.26. The number of nitrogens with one attached hydrogen (secondary N) is 1. The number of carbonyl (C=O) groups excluding carboxylic acids is 1. The van der Waals surface area contributed by atoms with Gasteiger partial charge in [-0.05, 0) is 44.7 Å². The van der Waals surface area contributed by atoms with E-state index >= 15 is 0 Å². The Morgan fingerprint density at radius 1 is 1.35 bits per heavy atom. The van der Waals surface area contributed by atoms with Crippen LogP contribution in [0.1, 0.15) is 44.3 Å². The summed E-state index contributed by atoms with van der Waals surface area (Å²) >= 11 is 1.41. The van der Waals surface area contributed by atoms with Gasteiger partial charge in [0.05, 0.1) is 17.0 Å². The van der Waals surface area contributed by atoms with Gasteiger partial charge in [-0.3, -0.25) is 4.79 Å². The fourth-order valence-corrected chi connectivity index (χ4v) is 3.88. The van der Waals surface area contributed by atoms with E-state index in [-0.39, 0.29) is 17.3 Å². The maximum absolute atomic E-state index is 12.4. The molecule has 26 heavy (non-hydrogen) atoms. The molecular weight excluding hydrogens is 348 g/mol. The van der Waals surface area contributed by atoms with Crippen LogP contribution in [0.4, 0.5) is 0 Å². The van der Waals surface area contributed by atoms with E-state index in [0.717, 1.165) is 43.8 Å². The molecule has 0 radical (unpaired) electrons. The molecule has 1 aliphatic carbocycles. The predicted octanol–water partition coefficient (Wildman–Crippen LogP) is 2.92. The van der Waals surface area contributed by atoms with Crippen molar-refractivity contribution in [2.75, 3.05) is 13.2 Å². The van der Waals surface area contributed by atoms with Crippen LogP contribution >= 0.6 is 11.8 Å². The highest BCUT2D eigenvalue weighted by atomic mass is 32.2. The fraction of sp³-hybridized carbons (Fsp3) is 0.526. The quantitative estimate of drug-likeness (QED) is 0.757. The number of thioether (sulfide) groups is 1. The van der Waals surface area contributed by atoms with Gasteiger partial charge < -0.3 is 10.1 Å². The molecule has 1 N–H and O–H groups in total. The van der Waals surface area contributed by atoms with Gasteiger partial charge >= 0.3 is 0 Å². The number of aromatic nitrogens is 3. The Morgan fingerprint density at radius 2 is 2.15 bits per heavy atom. The number of rotatable bonds is 7. The fourth-order valence-electron chi connectivity index (χ4n) is 3.09. The lowest BCUT2D eigenvalue weighted by atomic mass is 10.2. The third kappa shape index (κ3) is 4.10. The van der Waals surface area contributed by atoms with Crippen LogP contribution in [0, 0.1) is 0 Å². The summed E-state index contributed by atoms with van der Waals surface area (Å²) in [4.78, 5) is 17.1. The average molecular weight is 372 g/mol. The minimum absolute atomic E-state index is 0.00883. The summed E-state index contributed by atoms with van der Waals surface area (Å²) in [7, 11) is 0. The first kappa shape index (κ1) is 17.5. The minimum Gasteiger partial charge on any atom is -0.376 e. The van der Waals surface area contributed by atoms with E-state index in [1.807, 2.05) is 41.9 Å². The Labute approximate surface area is 157 Å². The Balaban J connectivity index is 1.41. The highest BCUT2D eigenvalue weighted by Crippen LogP contribution is 2.40. The maximum Gasteiger partial charge on any atom is 0.233 e. The summed E-state index contributed by atoms with van der Waals surface area (Å²) in [6.45, 7) is 3.29. The highest BCUT2D eigenvalue weighted by molar-refractivity contribution is 8.00. The number of carbonyl (C=O) groups is 1. The van der Waals surface area contributed by atoms with Gasteiger partial charge in [0.15, 0.2) is 0 Å². The van der Waals surface area contributed by atoms with Gasteiger partial charge in [-0.1, -0.05) is 30.0 Å². The second-order valence-corrected chi connectivity index (χ2v) is 8.22. The molecule has 0 bridgehead atoms. The Hall–Kier alpha value is -1.86. The van der Waals surface area contributed by atoms with Crippen molar-refractivity contribution >= 4 is 17.7 Å². The van der Waals surface area contributed by atoms with Crippen molar-refractivity contribution in [2.45, 2.75) is 55.0 Å². The van der Waals surface area contributed by atoms with E-state index in [1.54, 1.807) is 0 Å². The summed E-state index contributed by atoms with van der Waals surface area (Å²) in [6.07, 6.45) is 4.58. The van der Waals surface area contributed by atoms with Crippen molar-refractivity contribution in [3.63, 3.8) is 0 Å². The van der Waals surface area contributed by atoms with E-state index in [0.29, 0.717) is 17.6 Å². The largest absolute Gasteiger partial charge is 0.376 e. The standard InChI is InChI=1S/C19H24N4O2S/c1-13(18(24)20-12-16-8-5-11-25-16)26-19-21-17(14-9-10-14)23(22-19)15-6-3-2-4-7-15/h2-4,6-7,13-14,16H,5,8-12H2,1H3,(H,20,24)/t13-,16+/m1/s1. The summed E-state index contributed by atoms with van der Waals surface area (Å²) in [5.74, 6) is 1.50. The summed E-state index contributed by atoms with van der Waals surface area (Å²) in [5, 5.41) is 8.07. The third-order valence-corrected chi connectivity index (χ3v) is 5.69. The molecule has 2 atom stereocenters. The molecule has 1 saturated heterocycles. The number of amides is 1. The first-order chi connectivity index (χ1) is 12.7. The number of hydrogen-bond donors (Lipinski definition) is 1. The zero-order chi connectivity index (χ0) is 17.9. The normalized spacial score (nSPS) is 20.9. The molecular formula is C19H24N4O2S. The first-order valence-corrected chi connectivity index (χ1v) is 10.2. The summed E-state index contributed by atoms with van der Waals surface area (Å²) < 4.78 is 7.48. The van der Waals surface area contributed by atoms with Crippen molar-refractivity contribution < 1.29 is 9.53 Å². The van der Waals surface area contributed by atoms with Crippen molar-refractivity contribution in [2.24, 2.45) is 0 Å². The molecule has 0 spiro atoms. The van der Waals surface area contributed by atoms with Crippen LogP contribution in [0.15, 0.2) is 35.5 Å². The molecule has 1 amide bonds. The first-order valence-electron chi connectivity index (χ1n) is 9.29. The molecule has 2 aliphatic rings. The second kappa shape index (κ2) is 7.80. The zero-order valence-electron chi connectivity index (χ0n) is 14.9. The predicted molar refractivity (Wildman–Crippen MR) is 101 cm³/mol. The molecule has 2 heterocycles. The zero-order valence-corrected chi connectivity index (χ0v) is 15.7. The van der Waals surface area contributed by atoms with Crippen molar-refractivity contribution in [3.05, 3.63) is 36.2 Å². The molecule has 1 aromatic heterocycles. The van der Waals surface area contributed by atoms with Crippen LogP contribution in [0.25, 0.3) is 5.69 Å². The van der Waals surface area contributed by atoms with E-state index in [4.69, 9.17) is 9.72 Å². The number of nitrogens with zero attached hydrogens (tertiary/aromatic N) is 3. The molecule has 4 rings (SSSR count). The van der Waals surface area contributed by atoms with Gasteiger partial charge in [-0.15, -0.1) is 5.10 Å². The average Bonchev–Trinajstić information content (AvgIpc) is 3.21. The van der Waals surface area contributed by atoms with Crippen LogP contribution in [0.3, 0.4) is 0 Å². The van der Waals surface area contributed by atoms with E-state index in [2.05, 4.69) is 10.4 Å². The molecule has 1 aromatic carbocycles. The monoisotopic (exact) mass is 372 g/mol. The molecule has 138 valence electrons. The minimum atomic E-state index is -0.241. The van der Waals surface area contributed by atoms with Crippen LogP contribution in [-0.2, 0) is 9.53 Å².